The third kappa shape index (κ3) is 4.12. The Labute approximate surface area is 149 Å². The molecule has 130 valence electrons. The van der Waals surface area contributed by atoms with Crippen LogP contribution in [0.25, 0.3) is 12.2 Å². The predicted octanol–water partition coefficient (Wildman–Crippen LogP) is 2.04. The third-order valence-electron chi connectivity index (χ3n) is 3.49. The summed E-state index contributed by atoms with van der Waals surface area (Å²) in [6.07, 6.45) is 3.44. The molecule has 7 N–H and O–H groups in total. The Hall–Kier alpha value is -3.94. The van der Waals surface area contributed by atoms with Crippen LogP contribution in [0, 0.1) is 0 Å². The summed E-state index contributed by atoms with van der Waals surface area (Å²) in [5.41, 5.74) is 19.3. The van der Waals surface area contributed by atoms with Crippen molar-refractivity contribution in [2.45, 2.75) is 0 Å². The minimum absolute atomic E-state index is 0.0596. The number of nitrogens with two attached hydrogens (primary N) is 3. The molecule has 0 saturated carbocycles. The van der Waals surface area contributed by atoms with E-state index in [1.807, 2.05) is 0 Å². The Morgan fingerprint density at radius 3 is 2.15 bits per heavy atom. The molecule has 0 bridgehead atoms. The second-order valence-corrected chi connectivity index (χ2v) is 5.41. The molecule has 0 atom stereocenters. The Morgan fingerprint density at radius 2 is 1.50 bits per heavy atom. The average Bonchev–Trinajstić information content (AvgIpc) is 2.61. The van der Waals surface area contributed by atoms with Crippen molar-refractivity contribution in [3.05, 3.63) is 65.5 Å². The molecule has 0 aliphatic carbocycles. The number of hydrogen-bond donors (Lipinski definition) is 4. The monoisotopic (exact) mass is 347 g/mol. The van der Waals surface area contributed by atoms with E-state index >= 15 is 0 Å². The fourth-order valence-electron chi connectivity index (χ4n) is 2.22. The number of benzene rings is 2. The van der Waals surface area contributed by atoms with Gasteiger partial charge in [-0.25, -0.2) is 0 Å². The summed E-state index contributed by atoms with van der Waals surface area (Å²) in [6.45, 7) is 0. The molecule has 2 aromatic carbocycles. The van der Waals surface area contributed by atoms with Crippen molar-refractivity contribution in [3.8, 4) is 0 Å². The van der Waals surface area contributed by atoms with Crippen molar-refractivity contribution in [2.24, 2.45) is 0 Å². The normalized spacial score (nSPS) is 10.8. The second-order valence-electron chi connectivity index (χ2n) is 5.41. The minimum atomic E-state index is -0.239. The number of nitrogen functional groups attached to an aromatic ring is 3. The van der Waals surface area contributed by atoms with Gasteiger partial charge in [0.2, 0.25) is 11.9 Å². The van der Waals surface area contributed by atoms with Crippen molar-refractivity contribution in [2.75, 3.05) is 22.5 Å². The number of carbonyl (C=O) groups excluding carboxylic acids is 1. The molecule has 26 heavy (non-hydrogen) atoms. The largest absolute Gasteiger partial charge is 0.397 e. The molecule has 0 aliphatic heterocycles. The second kappa shape index (κ2) is 7.31. The average molecular weight is 347 g/mol. The van der Waals surface area contributed by atoms with Gasteiger partial charge in [0.05, 0.1) is 11.4 Å². The van der Waals surface area contributed by atoms with Gasteiger partial charge in [-0.05, 0) is 35.9 Å². The molecule has 3 rings (SSSR count). The molecule has 0 saturated heterocycles. The maximum absolute atomic E-state index is 12.3. The van der Waals surface area contributed by atoms with Crippen LogP contribution in [0.1, 0.15) is 21.7 Å². The van der Waals surface area contributed by atoms with Crippen LogP contribution in [0.4, 0.5) is 23.3 Å². The summed E-state index contributed by atoms with van der Waals surface area (Å²) in [5, 5.41) is 2.78. The molecule has 1 amide bonds. The van der Waals surface area contributed by atoms with Crippen molar-refractivity contribution >= 4 is 41.3 Å². The van der Waals surface area contributed by atoms with Gasteiger partial charge in [-0.3, -0.25) is 4.79 Å². The standard InChI is InChI=1S/C18H17N7O/c19-13-3-1-2-4-14(13)22-16(26)12-8-5-11(6-9-12)7-10-15-23-17(20)25-18(21)24-15/h1-10H,19H2,(H,22,26)(H4,20,21,23,24,25)/b10-7+. The van der Waals surface area contributed by atoms with E-state index in [9.17, 15) is 4.79 Å². The lowest BCUT2D eigenvalue weighted by Crippen LogP contribution is -2.12. The molecular weight excluding hydrogens is 330 g/mol. The summed E-state index contributed by atoms with van der Waals surface area (Å²) in [4.78, 5) is 23.9. The molecule has 1 aromatic heterocycles. The summed E-state index contributed by atoms with van der Waals surface area (Å²) in [7, 11) is 0. The van der Waals surface area contributed by atoms with Crippen molar-refractivity contribution in [1.29, 1.82) is 0 Å². The van der Waals surface area contributed by atoms with Crippen molar-refractivity contribution in [3.63, 3.8) is 0 Å². The first-order valence-corrected chi connectivity index (χ1v) is 7.72. The zero-order valence-electron chi connectivity index (χ0n) is 13.8. The molecule has 0 aliphatic rings. The smallest absolute Gasteiger partial charge is 0.255 e. The van der Waals surface area contributed by atoms with Crippen LogP contribution in [0.5, 0.6) is 0 Å². The lowest BCUT2D eigenvalue weighted by molar-refractivity contribution is 0.102. The number of aromatic nitrogens is 3. The van der Waals surface area contributed by atoms with Crippen LogP contribution in [-0.2, 0) is 0 Å². The zero-order chi connectivity index (χ0) is 18.5. The van der Waals surface area contributed by atoms with E-state index in [1.165, 1.54) is 0 Å². The van der Waals surface area contributed by atoms with Crippen LogP contribution in [0.3, 0.4) is 0 Å². The van der Waals surface area contributed by atoms with E-state index in [4.69, 9.17) is 17.2 Å². The van der Waals surface area contributed by atoms with Gasteiger partial charge in [-0.15, -0.1) is 0 Å². The lowest BCUT2D eigenvalue weighted by atomic mass is 10.1. The van der Waals surface area contributed by atoms with Crippen molar-refractivity contribution in [1.82, 2.24) is 15.0 Å². The highest BCUT2D eigenvalue weighted by Gasteiger charge is 2.07. The van der Waals surface area contributed by atoms with E-state index in [0.29, 0.717) is 22.8 Å². The fraction of sp³-hybridized carbons (Fsp3) is 0. The quantitative estimate of drug-likeness (QED) is 0.528. The third-order valence-corrected chi connectivity index (χ3v) is 3.49. The van der Waals surface area contributed by atoms with Gasteiger partial charge < -0.3 is 22.5 Å². The van der Waals surface area contributed by atoms with E-state index in [-0.39, 0.29) is 17.8 Å². The maximum Gasteiger partial charge on any atom is 0.255 e. The molecule has 0 unspecified atom stereocenters. The number of rotatable bonds is 4. The van der Waals surface area contributed by atoms with E-state index in [2.05, 4.69) is 20.3 Å². The molecule has 3 aromatic rings. The minimum Gasteiger partial charge on any atom is -0.397 e. The van der Waals surface area contributed by atoms with E-state index < -0.39 is 0 Å². The predicted molar refractivity (Wildman–Crippen MR) is 103 cm³/mol. The van der Waals surface area contributed by atoms with Gasteiger partial charge in [0.1, 0.15) is 0 Å². The van der Waals surface area contributed by atoms with Gasteiger partial charge in [0, 0.05) is 5.56 Å². The van der Waals surface area contributed by atoms with Gasteiger partial charge in [-0.1, -0.05) is 30.3 Å². The highest BCUT2D eigenvalue weighted by atomic mass is 16.1. The number of carbonyl (C=O) groups is 1. The summed E-state index contributed by atoms with van der Waals surface area (Å²) < 4.78 is 0. The number of nitrogens with one attached hydrogen (secondary N) is 1. The fourth-order valence-corrected chi connectivity index (χ4v) is 2.22. The van der Waals surface area contributed by atoms with Crippen LogP contribution in [-0.4, -0.2) is 20.9 Å². The molecule has 0 radical (unpaired) electrons. The first kappa shape index (κ1) is 16.9. The number of anilines is 4. The summed E-state index contributed by atoms with van der Waals surface area (Å²) >= 11 is 0. The van der Waals surface area contributed by atoms with Crippen LogP contribution >= 0.6 is 0 Å². The SMILES string of the molecule is Nc1nc(N)nc(/C=C/c2ccc(C(=O)Nc3ccccc3N)cc2)n1. The zero-order valence-corrected chi connectivity index (χ0v) is 13.8. The van der Waals surface area contributed by atoms with Gasteiger partial charge in [0.25, 0.3) is 5.91 Å². The van der Waals surface area contributed by atoms with E-state index in [0.717, 1.165) is 5.56 Å². The highest BCUT2D eigenvalue weighted by molar-refractivity contribution is 6.05. The first-order valence-electron chi connectivity index (χ1n) is 7.72. The number of hydrogen-bond acceptors (Lipinski definition) is 7. The van der Waals surface area contributed by atoms with Crippen LogP contribution < -0.4 is 22.5 Å². The molecular formula is C18H17N7O. The molecule has 1 heterocycles. The molecule has 8 heteroatoms. The number of amides is 1. The van der Waals surface area contributed by atoms with E-state index in [1.54, 1.807) is 60.7 Å². The lowest BCUT2D eigenvalue weighted by Gasteiger charge is -2.08. The molecule has 0 spiro atoms. The maximum atomic E-state index is 12.3. The number of nitrogens with zero attached hydrogens (tertiary/aromatic N) is 3. The Morgan fingerprint density at radius 1 is 0.846 bits per heavy atom. The summed E-state index contributed by atoms with van der Waals surface area (Å²) in [5.74, 6) is 0.238. The topological polar surface area (TPSA) is 146 Å². The van der Waals surface area contributed by atoms with Gasteiger partial charge >= 0.3 is 0 Å². The van der Waals surface area contributed by atoms with Crippen LogP contribution in [0.2, 0.25) is 0 Å². The summed E-state index contributed by atoms with van der Waals surface area (Å²) in [6, 6.07) is 14.1. The Bertz CT molecular complexity index is 947. The van der Waals surface area contributed by atoms with Crippen LogP contribution in [0.15, 0.2) is 48.5 Å². The van der Waals surface area contributed by atoms with Gasteiger partial charge in [0.15, 0.2) is 5.82 Å². The van der Waals surface area contributed by atoms with Gasteiger partial charge in [-0.2, -0.15) is 15.0 Å². The number of para-hydroxylation sites is 2. The Balaban J connectivity index is 1.71. The molecule has 0 fully saturated rings. The first-order chi connectivity index (χ1) is 12.5. The highest BCUT2D eigenvalue weighted by Crippen LogP contribution is 2.18. The van der Waals surface area contributed by atoms with Crippen molar-refractivity contribution < 1.29 is 4.79 Å². The Kier molecular flexibility index (Phi) is 4.75. The molecule has 8 nitrogen and oxygen atoms in total.